The minimum Gasteiger partial charge on any atom is -0.775 e. The smallest absolute Gasteiger partial charge is 0.323 e. The molecule has 0 unspecified atom stereocenters. The molecular formula is C6H12N4O2. The number of hydrogen-bond acceptors (Lipinski definition) is 5. The summed E-state index contributed by atoms with van der Waals surface area (Å²) in [6.07, 6.45) is 1.64. The van der Waals surface area contributed by atoms with Crippen LogP contribution in [0.25, 0.3) is 0 Å². The lowest BCUT2D eigenvalue weighted by Gasteiger charge is -2.10. The van der Waals surface area contributed by atoms with Crippen molar-refractivity contribution in [3.63, 3.8) is 0 Å². The first kappa shape index (κ1) is 8.79. The van der Waals surface area contributed by atoms with Crippen molar-refractivity contribution in [1.29, 1.82) is 0 Å². The normalized spacial score (nSPS) is 17.2. The van der Waals surface area contributed by atoms with Gasteiger partial charge >= 0.3 is 5.88 Å². The van der Waals surface area contributed by atoms with E-state index in [1.165, 1.54) is 5.59 Å². The van der Waals surface area contributed by atoms with Crippen molar-refractivity contribution in [2.75, 3.05) is 6.54 Å². The van der Waals surface area contributed by atoms with Gasteiger partial charge in [-0.15, -0.1) is 5.11 Å². The first-order valence-corrected chi connectivity index (χ1v) is 3.73. The van der Waals surface area contributed by atoms with Gasteiger partial charge in [0.25, 0.3) is 0 Å². The second-order valence-corrected chi connectivity index (χ2v) is 2.96. The molecule has 0 aromatic rings. The molecule has 1 aliphatic heterocycles. The summed E-state index contributed by atoms with van der Waals surface area (Å²) in [7, 11) is 0. The van der Waals surface area contributed by atoms with Crippen LogP contribution in [0.2, 0.25) is 0 Å². The topological polar surface area (TPSA) is 76.9 Å². The molecule has 2 N–H and O–H groups in total. The molecule has 0 radical (unpaired) electrons. The second-order valence-electron chi connectivity index (χ2n) is 2.96. The first-order valence-electron chi connectivity index (χ1n) is 3.73. The summed E-state index contributed by atoms with van der Waals surface area (Å²) in [4.78, 5) is 4.91. The van der Waals surface area contributed by atoms with E-state index in [9.17, 15) is 5.21 Å². The lowest BCUT2D eigenvalue weighted by atomic mass is 10.2. The van der Waals surface area contributed by atoms with E-state index >= 15 is 0 Å². The van der Waals surface area contributed by atoms with Crippen molar-refractivity contribution in [3.05, 3.63) is 17.3 Å². The Morgan fingerprint density at radius 1 is 1.75 bits per heavy atom. The quantitative estimate of drug-likeness (QED) is 0.373. The second kappa shape index (κ2) is 3.91. The molecule has 1 aliphatic rings. The average molecular weight is 172 g/mol. The van der Waals surface area contributed by atoms with Crippen LogP contribution in [-0.4, -0.2) is 11.6 Å². The van der Waals surface area contributed by atoms with Crippen LogP contribution in [0.15, 0.2) is 22.5 Å². The maximum absolute atomic E-state index is 9.72. The van der Waals surface area contributed by atoms with Crippen molar-refractivity contribution in [2.24, 2.45) is 16.3 Å². The van der Waals surface area contributed by atoms with Gasteiger partial charge in [-0.3, -0.25) is 4.84 Å². The minimum absolute atomic E-state index is 0.241. The zero-order valence-electron chi connectivity index (χ0n) is 7.10. The average Bonchev–Trinajstić information content (AvgIpc) is 2.36. The fourth-order valence-corrected chi connectivity index (χ4v) is 0.931. The zero-order chi connectivity index (χ0) is 8.97. The molecule has 6 nitrogen and oxygen atoms in total. The summed E-state index contributed by atoms with van der Waals surface area (Å²) >= 11 is 0. The predicted octanol–water partition coefficient (Wildman–Crippen LogP) is 0.117. The molecule has 0 aliphatic carbocycles. The standard InChI is InChI=1S/C6H12N4O2/c1-5(2)3-10-4-6(7-8-11)12-9-10/h4-5,9H,3H2,1-2H3,(H,7,11). The van der Waals surface area contributed by atoms with Crippen LogP contribution in [0.4, 0.5) is 0 Å². The lowest BCUT2D eigenvalue weighted by molar-refractivity contribution is -0.971. The molecule has 1 heterocycles. The Kier molecular flexibility index (Phi) is 2.87. The Morgan fingerprint density at radius 3 is 3.08 bits per heavy atom. The van der Waals surface area contributed by atoms with Crippen LogP contribution < -0.4 is 5.59 Å². The largest absolute Gasteiger partial charge is 0.775 e. The van der Waals surface area contributed by atoms with E-state index in [-0.39, 0.29) is 5.88 Å². The highest BCUT2D eigenvalue weighted by Crippen LogP contribution is 2.03. The van der Waals surface area contributed by atoms with Crippen LogP contribution in [0.3, 0.4) is 0 Å². The van der Waals surface area contributed by atoms with Gasteiger partial charge in [-0.2, -0.15) is 5.01 Å². The fourth-order valence-electron chi connectivity index (χ4n) is 0.931. The molecule has 0 aromatic carbocycles. The van der Waals surface area contributed by atoms with Crippen LogP contribution in [0.5, 0.6) is 0 Å². The molecule has 0 aromatic heterocycles. The monoisotopic (exact) mass is 172 g/mol. The first-order chi connectivity index (χ1) is 5.72. The van der Waals surface area contributed by atoms with E-state index in [0.29, 0.717) is 5.92 Å². The maximum atomic E-state index is 9.72. The molecule has 0 saturated heterocycles. The molecule has 1 rings (SSSR count). The van der Waals surface area contributed by atoms with Crippen LogP contribution in [-0.2, 0) is 4.84 Å². The van der Waals surface area contributed by atoms with Gasteiger partial charge in [-0.25, -0.2) is 5.28 Å². The van der Waals surface area contributed by atoms with Gasteiger partial charge < -0.3 is 5.21 Å². The summed E-state index contributed by atoms with van der Waals surface area (Å²) in [6, 6.07) is 0. The van der Waals surface area contributed by atoms with E-state index in [1.54, 1.807) is 6.20 Å². The van der Waals surface area contributed by atoms with E-state index in [1.807, 2.05) is 5.01 Å². The van der Waals surface area contributed by atoms with Gasteiger partial charge in [-0.05, 0) is 5.92 Å². The number of nitrogens with two attached hydrogens (primary N) is 1. The highest BCUT2D eigenvalue weighted by atomic mass is 16.7. The Labute approximate surface area is 70.4 Å². The third-order valence-electron chi connectivity index (χ3n) is 1.30. The molecule has 0 bridgehead atoms. The Hall–Kier alpha value is -1.30. The third kappa shape index (κ3) is 2.39. The summed E-state index contributed by atoms with van der Waals surface area (Å²) in [5.41, 5.74) is 1.52. The molecule has 0 amide bonds. The highest BCUT2D eigenvalue weighted by molar-refractivity contribution is 4.87. The minimum atomic E-state index is 0.241. The molecule has 0 fully saturated rings. The molecule has 68 valence electrons. The molecule has 6 heteroatoms. The number of rotatable bonds is 3. The third-order valence-corrected chi connectivity index (χ3v) is 1.30. The number of quaternary nitrogens is 1. The molecule has 12 heavy (non-hydrogen) atoms. The van der Waals surface area contributed by atoms with Gasteiger partial charge in [0.2, 0.25) is 0 Å². The van der Waals surface area contributed by atoms with Crippen molar-refractivity contribution in [3.8, 4) is 0 Å². The van der Waals surface area contributed by atoms with Gasteiger partial charge in [0.05, 0.1) is 6.54 Å². The van der Waals surface area contributed by atoms with Crippen molar-refractivity contribution < 1.29 is 10.4 Å². The molecular weight excluding hydrogens is 160 g/mol. The van der Waals surface area contributed by atoms with E-state index in [0.717, 1.165) is 6.54 Å². The summed E-state index contributed by atoms with van der Waals surface area (Å²) < 4.78 is 0. The number of nitrogens with zero attached hydrogens (tertiary/aromatic N) is 3. The molecule has 0 spiro atoms. The lowest BCUT2D eigenvalue weighted by Crippen LogP contribution is -2.89. The van der Waals surface area contributed by atoms with E-state index in [4.69, 9.17) is 4.84 Å². The Balaban J connectivity index is 2.41. The van der Waals surface area contributed by atoms with Crippen LogP contribution in [0.1, 0.15) is 13.8 Å². The zero-order valence-corrected chi connectivity index (χ0v) is 7.10. The number of hydrogen-bond donors (Lipinski definition) is 1. The van der Waals surface area contributed by atoms with Gasteiger partial charge in [-0.1, -0.05) is 19.4 Å². The maximum Gasteiger partial charge on any atom is 0.323 e. The van der Waals surface area contributed by atoms with E-state index < -0.39 is 0 Å². The predicted molar refractivity (Wildman–Crippen MR) is 40.9 cm³/mol. The highest BCUT2D eigenvalue weighted by Gasteiger charge is 2.17. The Morgan fingerprint density at radius 2 is 2.50 bits per heavy atom. The van der Waals surface area contributed by atoms with E-state index in [2.05, 4.69) is 24.2 Å². The van der Waals surface area contributed by atoms with Gasteiger partial charge in [0.15, 0.2) is 0 Å². The summed E-state index contributed by atoms with van der Waals surface area (Å²) in [5.74, 6) is 0.773. The van der Waals surface area contributed by atoms with Crippen LogP contribution in [0, 0.1) is 11.1 Å². The fraction of sp³-hybridized carbons (Fsp3) is 0.667. The van der Waals surface area contributed by atoms with Crippen LogP contribution >= 0.6 is 0 Å². The van der Waals surface area contributed by atoms with Crippen molar-refractivity contribution in [2.45, 2.75) is 13.8 Å². The van der Waals surface area contributed by atoms with Crippen molar-refractivity contribution in [1.82, 2.24) is 5.01 Å². The SMILES string of the molecule is CC(C)CN1C=C(/N=N/[O-])O[NH2+]1. The van der Waals surface area contributed by atoms with Gasteiger partial charge in [0, 0.05) is 0 Å². The molecule has 0 saturated carbocycles. The van der Waals surface area contributed by atoms with Gasteiger partial charge in [0.1, 0.15) is 6.20 Å². The summed E-state index contributed by atoms with van der Waals surface area (Å²) in [5, 5.41) is 17.1. The summed E-state index contributed by atoms with van der Waals surface area (Å²) in [6.45, 7) is 5.03. The molecule has 0 atom stereocenters. The Bertz CT molecular complexity index is 202. The van der Waals surface area contributed by atoms with Crippen molar-refractivity contribution >= 4 is 0 Å².